The normalized spacial score (nSPS) is 12.6. The summed E-state index contributed by atoms with van der Waals surface area (Å²) in [7, 11) is 1.52. The van der Waals surface area contributed by atoms with E-state index in [2.05, 4.69) is 36.4 Å². The van der Waals surface area contributed by atoms with Gasteiger partial charge >= 0.3 is 5.97 Å². The lowest BCUT2D eigenvalue weighted by Gasteiger charge is -2.28. The van der Waals surface area contributed by atoms with E-state index in [1.54, 1.807) is 0 Å². The molecule has 4 nitrogen and oxygen atoms in total. The Morgan fingerprint density at radius 3 is 1.53 bits per heavy atom. The van der Waals surface area contributed by atoms with Crippen LogP contribution in [0.15, 0.2) is 91.0 Å². The third kappa shape index (κ3) is 6.56. The van der Waals surface area contributed by atoms with Crippen LogP contribution < -0.4 is 15.9 Å². The number of hydrogen-bond donors (Lipinski definition) is 0. The molecule has 178 valence electrons. The molecule has 0 unspecified atom stereocenters. The van der Waals surface area contributed by atoms with Gasteiger partial charge in [0.05, 0.1) is 12.5 Å². The topological polar surface area (TPSA) is 52.6 Å². The number of ether oxygens (including phenoxy) is 2. The van der Waals surface area contributed by atoms with Crippen LogP contribution in [0.1, 0.15) is 33.6 Å². The maximum absolute atomic E-state index is 13.6. The molecular weight excluding hydrogens is 443 g/mol. The lowest BCUT2D eigenvalue weighted by molar-refractivity contribution is -0.157. The Morgan fingerprint density at radius 1 is 0.765 bits per heavy atom. The smallest absolute Gasteiger partial charge is 0.308 e. The quantitative estimate of drug-likeness (QED) is 0.337. The van der Waals surface area contributed by atoms with Gasteiger partial charge in [-0.25, -0.2) is 0 Å². The van der Waals surface area contributed by atoms with E-state index in [4.69, 9.17) is 9.47 Å². The molecule has 1 atom stereocenters. The van der Waals surface area contributed by atoms with Crippen molar-refractivity contribution in [3.63, 3.8) is 0 Å². The van der Waals surface area contributed by atoms with E-state index < -0.39 is 18.6 Å². The van der Waals surface area contributed by atoms with Crippen molar-refractivity contribution >= 4 is 40.3 Å². The van der Waals surface area contributed by atoms with Crippen LogP contribution in [-0.4, -0.2) is 36.4 Å². The first-order chi connectivity index (χ1) is 16.2. The zero-order valence-electron chi connectivity index (χ0n) is 20.3. The summed E-state index contributed by atoms with van der Waals surface area (Å²) in [4.78, 5) is 25.9. The van der Waals surface area contributed by atoms with Gasteiger partial charge in [-0.05, 0) is 49.4 Å². The van der Waals surface area contributed by atoms with Gasteiger partial charge < -0.3 is 9.47 Å². The lowest BCUT2D eigenvalue weighted by Crippen LogP contribution is -2.31. The molecule has 0 fully saturated rings. The van der Waals surface area contributed by atoms with E-state index in [0.717, 1.165) is 15.9 Å². The van der Waals surface area contributed by atoms with E-state index in [1.807, 2.05) is 81.2 Å². The summed E-state index contributed by atoms with van der Waals surface area (Å²) in [6.45, 7) is 3.08. The molecule has 0 amide bonds. The minimum atomic E-state index is -2.39. The first-order valence-corrected chi connectivity index (χ1v) is 13.3. The van der Waals surface area contributed by atoms with Gasteiger partial charge in [0.2, 0.25) is 0 Å². The Morgan fingerprint density at radius 2 is 1.18 bits per heavy atom. The summed E-state index contributed by atoms with van der Waals surface area (Å²) in [6.07, 6.45) is -0.423. The maximum atomic E-state index is 13.6. The third-order valence-electron chi connectivity index (χ3n) is 5.40. The van der Waals surface area contributed by atoms with Gasteiger partial charge in [-0.2, -0.15) is 0 Å². The number of carbonyl (C=O) groups is 2. The number of esters is 1. The molecule has 0 aliphatic heterocycles. The zero-order chi connectivity index (χ0) is 24.6. The molecule has 0 aromatic heterocycles. The Balaban J connectivity index is 2.07. The molecule has 0 bridgehead atoms. The third-order valence-corrected chi connectivity index (χ3v) is 9.42. The monoisotopic (exact) mass is 476 g/mol. The number of ketones is 1. The van der Waals surface area contributed by atoms with Crippen LogP contribution in [-0.2, 0) is 19.1 Å². The van der Waals surface area contributed by atoms with Crippen LogP contribution in [0.5, 0.6) is 0 Å². The van der Waals surface area contributed by atoms with Crippen LogP contribution in [0.25, 0.3) is 0 Å². The van der Waals surface area contributed by atoms with Crippen molar-refractivity contribution in [3.8, 4) is 0 Å². The van der Waals surface area contributed by atoms with Crippen molar-refractivity contribution < 1.29 is 19.1 Å². The maximum Gasteiger partial charge on any atom is 0.308 e. The SMILES string of the molecule is CO[C@@H](CC(=O)C=P(c1ccccc1)(c1ccccc1)c1ccccc1)CC(=O)OC(C)(C)C. The average molecular weight is 477 g/mol. The molecule has 0 heterocycles. The van der Waals surface area contributed by atoms with Crippen molar-refractivity contribution in [2.75, 3.05) is 7.11 Å². The van der Waals surface area contributed by atoms with Gasteiger partial charge in [0.15, 0.2) is 5.78 Å². The summed E-state index contributed by atoms with van der Waals surface area (Å²) in [6, 6.07) is 30.5. The molecule has 34 heavy (non-hydrogen) atoms. The molecule has 3 rings (SSSR count). The second-order valence-corrected chi connectivity index (χ2v) is 12.4. The molecule has 5 heteroatoms. The van der Waals surface area contributed by atoms with E-state index in [9.17, 15) is 9.59 Å². The standard InChI is InChI=1S/C29H33O4P/c1-29(2,3)33-28(31)21-24(32-4)20-23(30)22-34(25-14-8-5-9-15-25,26-16-10-6-11-17-26)27-18-12-7-13-19-27/h5-19,22,24H,20-21H2,1-4H3/t24-/m0/s1. The fourth-order valence-electron chi connectivity index (χ4n) is 3.96. The van der Waals surface area contributed by atoms with Gasteiger partial charge in [0.25, 0.3) is 0 Å². The van der Waals surface area contributed by atoms with Crippen LogP contribution in [0.3, 0.4) is 0 Å². The predicted octanol–water partition coefficient (Wildman–Crippen LogP) is 4.49. The van der Waals surface area contributed by atoms with Crippen molar-refractivity contribution in [2.45, 2.75) is 45.3 Å². The highest BCUT2D eigenvalue weighted by Gasteiger charge is 2.28. The Hall–Kier alpha value is -2.94. The molecule has 0 radical (unpaired) electrons. The number of methoxy groups -OCH3 is 1. The largest absolute Gasteiger partial charge is 0.460 e. The summed E-state index contributed by atoms with van der Waals surface area (Å²) in [5.74, 6) is 1.45. The molecule has 3 aromatic carbocycles. The Bertz CT molecular complexity index is 1030. The summed E-state index contributed by atoms with van der Waals surface area (Å²) in [5, 5.41) is 3.30. The first-order valence-electron chi connectivity index (χ1n) is 11.4. The van der Waals surface area contributed by atoms with Crippen molar-refractivity contribution in [1.82, 2.24) is 0 Å². The van der Waals surface area contributed by atoms with Crippen molar-refractivity contribution in [3.05, 3.63) is 91.0 Å². The van der Waals surface area contributed by atoms with Crippen LogP contribution in [0.4, 0.5) is 0 Å². The second kappa shape index (κ2) is 11.5. The van der Waals surface area contributed by atoms with E-state index >= 15 is 0 Å². The van der Waals surface area contributed by atoms with Gasteiger partial charge in [-0.15, -0.1) is 0 Å². The molecule has 0 N–H and O–H groups in total. The summed E-state index contributed by atoms with van der Waals surface area (Å²) < 4.78 is 10.9. The molecular formula is C29H33O4P. The average Bonchev–Trinajstić information content (AvgIpc) is 2.82. The minimum absolute atomic E-state index is 0.0286. The fraction of sp³-hybridized carbons (Fsp3) is 0.276. The van der Waals surface area contributed by atoms with Crippen LogP contribution in [0.2, 0.25) is 0 Å². The van der Waals surface area contributed by atoms with Crippen LogP contribution >= 0.6 is 6.89 Å². The van der Waals surface area contributed by atoms with Crippen molar-refractivity contribution in [1.29, 1.82) is 0 Å². The number of hydrogen-bond acceptors (Lipinski definition) is 4. The molecule has 0 saturated carbocycles. The minimum Gasteiger partial charge on any atom is -0.460 e. The lowest BCUT2D eigenvalue weighted by atomic mass is 10.1. The molecule has 0 spiro atoms. The van der Waals surface area contributed by atoms with Gasteiger partial charge in [0.1, 0.15) is 5.60 Å². The van der Waals surface area contributed by atoms with Crippen LogP contribution in [0, 0.1) is 0 Å². The number of rotatable bonds is 9. The number of carbonyl (C=O) groups excluding carboxylic acids is 2. The summed E-state index contributed by atoms with van der Waals surface area (Å²) >= 11 is 0. The number of benzene rings is 3. The number of Topliss-reactive ketones (excluding diaryl/α,β-unsaturated/α-hetero) is 1. The zero-order valence-corrected chi connectivity index (χ0v) is 21.2. The van der Waals surface area contributed by atoms with E-state index in [0.29, 0.717) is 0 Å². The Labute approximate surface area is 202 Å². The molecule has 0 aliphatic rings. The molecule has 3 aromatic rings. The first kappa shape index (κ1) is 25.7. The van der Waals surface area contributed by atoms with Gasteiger partial charge in [0, 0.05) is 13.5 Å². The highest BCUT2D eigenvalue weighted by atomic mass is 31.2. The highest BCUT2D eigenvalue weighted by molar-refractivity contribution is 7.95. The second-order valence-electron chi connectivity index (χ2n) is 9.18. The Kier molecular flexibility index (Phi) is 8.66. The molecule has 0 saturated heterocycles. The highest BCUT2D eigenvalue weighted by Crippen LogP contribution is 2.43. The molecule has 0 aliphatic carbocycles. The summed E-state index contributed by atoms with van der Waals surface area (Å²) in [5.41, 5.74) is -0.583. The van der Waals surface area contributed by atoms with Gasteiger partial charge in [-0.1, -0.05) is 91.0 Å². The van der Waals surface area contributed by atoms with E-state index in [-0.39, 0.29) is 24.6 Å². The van der Waals surface area contributed by atoms with E-state index in [1.165, 1.54) is 7.11 Å². The fourth-order valence-corrected chi connectivity index (χ4v) is 7.77. The van der Waals surface area contributed by atoms with Crippen molar-refractivity contribution in [2.24, 2.45) is 0 Å². The van der Waals surface area contributed by atoms with Gasteiger partial charge in [-0.3, -0.25) is 9.59 Å². The predicted molar refractivity (Wildman–Crippen MR) is 142 cm³/mol.